The van der Waals surface area contributed by atoms with E-state index in [1.807, 2.05) is 6.07 Å². The summed E-state index contributed by atoms with van der Waals surface area (Å²) in [6.45, 7) is 0. The van der Waals surface area contributed by atoms with Crippen molar-refractivity contribution >= 4 is 23.1 Å². The molecule has 6 heteroatoms. The molecule has 0 saturated carbocycles. The fourth-order valence-electron chi connectivity index (χ4n) is 1.58. The van der Waals surface area contributed by atoms with Crippen LogP contribution in [0.25, 0.3) is 0 Å². The van der Waals surface area contributed by atoms with Gasteiger partial charge in [0.1, 0.15) is 11.4 Å². The number of aromatic hydroxyl groups is 1. The number of para-hydroxylation sites is 1. The first-order valence-corrected chi connectivity index (χ1v) is 6.50. The normalized spacial score (nSPS) is 10.3. The number of nitro groups is 1. The van der Waals surface area contributed by atoms with E-state index in [2.05, 4.69) is 0 Å². The molecule has 0 bridgehead atoms. The maximum atomic E-state index is 10.8. The highest BCUT2D eigenvalue weighted by Crippen LogP contribution is 2.32. The number of thioether (sulfide) groups is 1. The average Bonchev–Trinajstić information content (AvgIpc) is 2.39. The van der Waals surface area contributed by atoms with Gasteiger partial charge in [0.15, 0.2) is 0 Å². The smallest absolute Gasteiger partial charge is 0.292 e. The van der Waals surface area contributed by atoms with Crippen molar-refractivity contribution in [1.82, 2.24) is 0 Å². The van der Waals surface area contributed by atoms with Crippen molar-refractivity contribution in [3.8, 4) is 5.75 Å². The van der Waals surface area contributed by atoms with E-state index in [1.165, 1.54) is 23.9 Å². The van der Waals surface area contributed by atoms with Gasteiger partial charge in [-0.1, -0.05) is 18.2 Å². The summed E-state index contributed by atoms with van der Waals surface area (Å²) in [6, 6.07) is 11.7. The van der Waals surface area contributed by atoms with Crippen LogP contribution in [-0.2, 0) is 5.75 Å². The molecule has 2 aromatic carbocycles. The lowest BCUT2D eigenvalue weighted by Gasteiger charge is -2.05. The van der Waals surface area contributed by atoms with Crippen molar-refractivity contribution < 1.29 is 10.0 Å². The highest BCUT2D eigenvalue weighted by Gasteiger charge is 2.12. The molecule has 0 aromatic heterocycles. The maximum absolute atomic E-state index is 10.8. The van der Waals surface area contributed by atoms with Gasteiger partial charge in [0.25, 0.3) is 5.69 Å². The fraction of sp³-hybridized carbons (Fsp3) is 0.0769. The molecule has 0 amide bonds. The van der Waals surface area contributed by atoms with Crippen LogP contribution in [0, 0.1) is 10.1 Å². The molecule has 98 valence electrons. The number of phenolic OH excluding ortho intramolecular Hbond substituents is 1. The Bertz CT molecular complexity index is 617. The van der Waals surface area contributed by atoms with Crippen LogP contribution in [0.15, 0.2) is 47.4 Å². The number of phenols is 1. The molecule has 0 radical (unpaired) electrons. The zero-order valence-electron chi connectivity index (χ0n) is 9.95. The van der Waals surface area contributed by atoms with Crippen LogP contribution in [0.3, 0.4) is 0 Å². The predicted octanol–water partition coefficient (Wildman–Crippen LogP) is 3.17. The second kappa shape index (κ2) is 5.62. The summed E-state index contributed by atoms with van der Waals surface area (Å²) in [4.78, 5) is 11.0. The van der Waals surface area contributed by atoms with E-state index in [0.717, 1.165) is 10.5 Å². The lowest BCUT2D eigenvalue weighted by molar-refractivity contribution is -0.383. The summed E-state index contributed by atoms with van der Waals surface area (Å²) in [7, 11) is 0. The van der Waals surface area contributed by atoms with Gasteiger partial charge in [-0.3, -0.25) is 10.1 Å². The van der Waals surface area contributed by atoms with Crippen LogP contribution >= 0.6 is 11.8 Å². The SMILES string of the molecule is Nc1ccc(CSc2ccccc2O)cc1[N+](=O)[O-]. The summed E-state index contributed by atoms with van der Waals surface area (Å²) in [5, 5.41) is 20.4. The molecular weight excluding hydrogens is 264 g/mol. The van der Waals surface area contributed by atoms with Gasteiger partial charge in [0, 0.05) is 16.7 Å². The van der Waals surface area contributed by atoms with Gasteiger partial charge in [-0.15, -0.1) is 11.8 Å². The Morgan fingerprint density at radius 2 is 2.00 bits per heavy atom. The van der Waals surface area contributed by atoms with Crippen LogP contribution in [0.5, 0.6) is 5.75 Å². The van der Waals surface area contributed by atoms with E-state index < -0.39 is 4.92 Å². The number of nitrogens with two attached hydrogens (primary N) is 1. The maximum Gasteiger partial charge on any atom is 0.292 e. The van der Waals surface area contributed by atoms with Crippen molar-refractivity contribution in [2.24, 2.45) is 0 Å². The number of hydrogen-bond acceptors (Lipinski definition) is 5. The summed E-state index contributed by atoms with van der Waals surface area (Å²) < 4.78 is 0. The molecule has 0 aliphatic heterocycles. The number of benzene rings is 2. The minimum atomic E-state index is -0.497. The second-order valence-corrected chi connectivity index (χ2v) is 4.92. The first kappa shape index (κ1) is 13.2. The molecule has 0 aliphatic carbocycles. The molecule has 0 heterocycles. The Labute approximate surface area is 114 Å². The minimum Gasteiger partial charge on any atom is -0.507 e. The molecule has 2 rings (SSSR count). The lowest BCUT2D eigenvalue weighted by Crippen LogP contribution is -1.96. The number of hydrogen-bond donors (Lipinski definition) is 2. The standard InChI is InChI=1S/C13H12N2O3S/c14-10-6-5-9(7-11(10)15(17)18)8-19-13-4-2-1-3-12(13)16/h1-7,16H,8,14H2. The van der Waals surface area contributed by atoms with Crippen LogP contribution < -0.4 is 5.73 Å². The van der Waals surface area contributed by atoms with Crippen molar-refractivity contribution in [2.75, 3.05) is 5.73 Å². The predicted molar refractivity (Wildman–Crippen MR) is 75.2 cm³/mol. The van der Waals surface area contributed by atoms with Crippen LogP contribution in [0.1, 0.15) is 5.56 Å². The summed E-state index contributed by atoms with van der Waals surface area (Å²) in [5.74, 6) is 0.732. The highest BCUT2D eigenvalue weighted by atomic mass is 32.2. The van der Waals surface area contributed by atoms with E-state index >= 15 is 0 Å². The molecule has 5 nitrogen and oxygen atoms in total. The van der Waals surface area contributed by atoms with Gasteiger partial charge < -0.3 is 10.8 Å². The van der Waals surface area contributed by atoms with Crippen molar-refractivity contribution in [3.63, 3.8) is 0 Å². The van der Waals surface area contributed by atoms with Gasteiger partial charge in [0.2, 0.25) is 0 Å². The molecule has 2 aromatic rings. The van der Waals surface area contributed by atoms with Crippen molar-refractivity contribution in [2.45, 2.75) is 10.6 Å². The van der Waals surface area contributed by atoms with Gasteiger partial charge in [-0.05, 0) is 23.8 Å². The Balaban J connectivity index is 2.14. The second-order valence-electron chi connectivity index (χ2n) is 3.91. The molecule has 0 unspecified atom stereocenters. The quantitative estimate of drug-likeness (QED) is 0.387. The molecule has 0 spiro atoms. The fourth-order valence-corrected chi connectivity index (χ4v) is 2.47. The van der Waals surface area contributed by atoms with Gasteiger partial charge in [-0.2, -0.15) is 0 Å². The summed E-state index contributed by atoms with van der Waals surface area (Å²) in [6.07, 6.45) is 0. The largest absolute Gasteiger partial charge is 0.507 e. The van der Waals surface area contributed by atoms with Crippen molar-refractivity contribution in [1.29, 1.82) is 0 Å². The molecule has 0 atom stereocenters. The number of nitrogen functional groups attached to an aromatic ring is 1. The van der Waals surface area contributed by atoms with Crippen LogP contribution in [-0.4, -0.2) is 10.0 Å². The third-order valence-corrected chi connectivity index (χ3v) is 3.69. The van der Waals surface area contributed by atoms with Crippen molar-refractivity contribution in [3.05, 3.63) is 58.1 Å². The monoisotopic (exact) mass is 276 g/mol. The van der Waals surface area contributed by atoms with E-state index in [0.29, 0.717) is 5.75 Å². The van der Waals surface area contributed by atoms with Gasteiger partial charge in [0.05, 0.1) is 4.92 Å². The van der Waals surface area contributed by atoms with Crippen LogP contribution in [0.4, 0.5) is 11.4 Å². The van der Waals surface area contributed by atoms with E-state index in [9.17, 15) is 15.2 Å². The molecule has 3 N–H and O–H groups in total. The Kier molecular flexibility index (Phi) is 3.91. The first-order valence-electron chi connectivity index (χ1n) is 5.51. The van der Waals surface area contributed by atoms with Gasteiger partial charge in [-0.25, -0.2) is 0 Å². The topological polar surface area (TPSA) is 89.4 Å². The zero-order chi connectivity index (χ0) is 13.8. The Morgan fingerprint density at radius 3 is 2.68 bits per heavy atom. The molecular formula is C13H12N2O3S. The number of anilines is 1. The third-order valence-electron chi connectivity index (χ3n) is 2.55. The number of nitrogens with zero attached hydrogens (tertiary/aromatic N) is 1. The van der Waals surface area contributed by atoms with Crippen LogP contribution in [0.2, 0.25) is 0 Å². The summed E-state index contributed by atoms with van der Waals surface area (Å²) >= 11 is 1.41. The molecule has 19 heavy (non-hydrogen) atoms. The van der Waals surface area contributed by atoms with E-state index in [-0.39, 0.29) is 17.1 Å². The number of rotatable bonds is 4. The molecule has 0 saturated heterocycles. The third kappa shape index (κ3) is 3.17. The molecule has 0 aliphatic rings. The minimum absolute atomic E-state index is 0.0876. The zero-order valence-corrected chi connectivity index (χ0v) is 10.8. The summed E-state index contributed by atoms with van der Waals surface area (Å²) in [5.41, 5.74) is 6.39. The first-order chi connectivity index (χ1) is 9.08. The van der Waals surface area contributed by atoms with E-state index in [4.69, 9.17) is 5.73 Å². The average molecular weight is 276 g/mol. The van der Waals surface area contributed by atoms with Gasteiger partial charge >= 0.3 is 0 Å². The highest BCUT2D eigenvalue weighted by molar-refractivity contribution is 7.98. The van der Waals surface area contributed by atoms with E-state index in [1.54, 1.807) is 24.3 Å². The molecule has 0 fully saturated rings. The Hall–Kier alpha value is -2.21. The lowest BCUT2D eigenvalue weighted by atomic mass is 10.2. The number of nitro benzene ring substituents is 1. The Morgan fingerprint density at radius 1 is 1.26 bits per heavy atom.